The molecule has 7 nitrogen and oxygen atoms in total. The fourth-order valence-corrected chi connectivity index (χ4v) is 2.71. The summed E-state index contributed by atoms with van der Waals surface area (Å²) in [5, 5.41) is 9.69. The molecule has 0 spiro atoms. The normalized spacial score (nSPS) is 10.8. The third-order valence-electron chi connectivity index (χ3n) is 2.98. The molecule has 0 saturated heterocycles. The number of urea groups is 1. The van der Waals surface area contributed by atoms with Gasteiger partial charge in [-0.15, -0.1) is 0 Å². The van der Waals surface area contributed by atoms with E-state index in [0.29, 0.717) is 23.3 Å². The highest BCUT2D eigenvalue weighted by molar-refractivity contribution is 7.99. The molecule has 2 aromatic heterocycles. The van der Waals surface area contributed by atoms with Gasteiger partial charge in [-0.25, -0.2) is 9.78 Å². The summed E-state index contributed by atoms with van der Waals surface area (Å²) in [6, 6.07) is 9.01. The average molecular weight is 332 g/mol. The first-order chi connectivity index (χ1) is 11.2. The lowest BCUT2D eigenvalue weighted by atomic mass is 10.3. The number of carbonyl (C=O) groups excluding carboxylic acids is 1. The lowest BCUT2D eigenvalue weighted by Crippen LogP contribution is -2.29. The maximum atomic E-state index is 11.6. The molecule has 0 fully saturated rings. The van der Waals surface area contributed by atoms with Crippen LogP contribution in [0.5, 0.6) is 0 Å². The topological polar surface area (TPSA) is 93.2 Å². The van der Waals surface area contributed by atoms with Crippen LogP contribution in [-0.4, -0.2) is 28.5 Å². The van der Waals surface area contributed by atoms with Crippen molar-refractivity contribution in [3.63, 3.8) is 0 Å². The molecule has 1 aromatic carbocycles. The number of benzene rings is 1. The highest BCUT2D eigenvalue weighted by Crippen LogP contribution is 2.23. The number of hydrogen-bond acceptors (Lipinski definition) is 6. The van der Waals surface area contributed by atoms with Crippen molar-refractivity contribution < 1.29 is 13.7 Å². The Labute approximate surface area is 136 Å². The van der Waals surface area contributed by atoms with E-state index in [1.54, 1.807) is 13.0 Å². The quantitative estimate of drug-likeness (QED) is 0.530. The maximum absolute atomic E-state index is 11.6. The molecule has 0 atom stereocenters. The summed E-state index contributed by atoms with van der Waals surface area (Å²) in [5.74, 6) is 1.85. The van der Waals surface area contributed by atoms with Gasteiger partial charge in [0.15, 0.2) is 11.4 Å². The van der Waals surface area contributed by atoms with Crippen LogP contribution in [0.1, 0.15) is 12.2 Å². The minimum absolute atomic E-state index is 0.301. The molecule has 120 valence electrons. The van der Waals surface area contributed by atoms with E-state index in [0.717, 1.165) is 23.3 Å². The molecule has 3 rings (SSSR count). The number of rotatable bonds is 6. The lowest BCUT2D eigenvalue weighted by Gasteiger charge is -2.04. The molecule has 0 saturated carbocycles. The van der Waals surface area contributed by atoms with Crippen molar-refractivity contribution >= 4 is 34.7 Å². The number of amides is 2. The predicted octanol–water partition coefficient (Wildman–Crippen LogP) is 3.43. The van der Waals surface area contributed by atoms with Crippen LogP contribution in [-0.2, 0) is 0 Å². The van der Waals surface area contributed by atoms with E-state index in [4.69, 9.17) is 8.94 Å². The smallest absolute Gasteiger partial charge is 0.320 e. The van der Waals surface area contributed by atoms with E-state index >= 15 is 0 Å². The Morgan fingerprint density at radius 2 is 2.22 bits per heavy atom. The molecule has 0 aliphatic heterocycles. The second-order valence-electron chi connectivity index (χ2n) is 4.85. The van der Waals surface area contributed by atoms with Crippen molar-refractivity contribution in [2.45, 2.75) is 18.6 Å². The molecule has 0 bridgehead atoms. The Kier molecular flexibility index (Phi) is 4.82. The molecule has 0 unspecified atom stereocenters. The van der Waals surface area contributed by atoms with Gasteiger partial charge in [-0.3, -0.25) is 5.32 Å². The van der Waals surface area contributed by atoms with Gasteiger partial charge in [0.2, 0.25) is 0 Å². The first-order valence-corrected chi connectivity index (χ1v) is 8.16. The highest BCUT2D eigenvalue weighted by atomic mass is 32.2. The van der Waals surface area contributed by atoms with Crippen molar-refractivity contribution in [1.82, 2.24) is 15.5 Å². The molecule has 2 heterocycles. The van der Waals surface area contributed by atoms with Crippen molar-refractivity contribution in [1.29, 1.82) is 0 Å². The van der Waals surface area contributed by atoms with Gasteiger partial charge in [0, 0.05) is 18.4 Å². The van der Waals surface area contributed by atoms with Crippen LogP contribution in [0.15, 0.2) is 44.5 Å². The summed E-state index contributed by atoms with van der Waals surface area (Å²) in [6.07, 6.45) is 0.800. The number of nitrogens with one attached hydrogen (secondary N) is 2. The van der Waals surface area contributed by atoms with E-state index in [2.05, 4.69) is 20.8 Å². The van der Waals surface area contributed by atoms with Crippen LogP contribution >= 0.6 is 11.8 Å². The van der Waals surface area contributed by atoms with Crippen LogP contribution in [0.2, 0.25) is 0 Å². The van der Waals surface area contributed by atoms with E-state index in [9.17, 15) is 4.79 Å². The Morgan fingerprint density at radius 3 is 3.00 bits per heavy atom. The summed E-state index contributed by atoms with van der Waals surface area (Å²) in [5.41, 5.74) is 1.64. The third-order valence-corrected chi connectivity index (χ3v) is 3.89. The first-order valence-electron chi connectivity index (χ1n) is 7.17. The Morgan fingerprint density at radius 1 is 1.35 bits per heavy atom. The van der Waals surface area contributed by atoms with E-state index in [1.807, 2.05) is 24.3 Å². The molecule has 0 aliphatic carbocycles. The Bertz CT molecular complexity index is 766. The van der Waals surface area contributed by atoms with Crippen LogP contribution in [0.3, 0.4) is 0 Å². The van der Waals surface area contributed by atoms with Crippen molar-refractivity contribution in [2.24, 2.45) is 0 Å². The Balaban J connectivity index is 1.35. The molecule has 2 N–H and O–H groups in total. The average Bonchev–Trinajstić information content (AvgIpc) is 3.12. The maximum Gasteiger partial charge on any atom is 0.320 e. The van der Waals surface area contributed by atoms with Crippen LogP contribution in [0, 0.1) is 6.92 Å². The first kappa shape index (κ1) is 15.4. The molecular formula is C15H16N4O3S. The summed E-state index contributed by atoms with van der Waals surface area (Å²) < 4.78 is 10.5. The SMILES string of the molecule is Cc1cc(NC(=O)NCCCSc2nc3ccccc3o2)no1. The van der Waals surface area contributed by atoms with Gasteiger partial charge in [-0.2, -0.15) is 0 Å². The number of oxazole rings is 1. The standard InChI is InChI=1S/C15H16N4O3S/c1-10-9-13(19-22-10)18-14(20)16-7-4-8-23-15-17-11-5-2-3-6-12(11)21-15/h2-3,5-6,9H,4,7-8H2,1H3,(H2,16,18,19,20). The van der Waals surface area contributed by atoms with Crippen LogP contribution in [0.4, 0.5) is 10.6 Å². The summed E-state index contributed by atoms with van der Waals surface area (Å²) in [4.78, 5) is 16.0. The summed E-state index contributed by atoms with van der Waals surface area (Å²) >= 11 is 1.53. The number of fused-ring (bicyclic) bond motifs is 1. The molecule has 2 amide bonds. The number of nitrogens with zero attached hydrogens (tertiary/aromatic N) is 2. The zero-order valence-corrected chi connectivity index (χ0v) is 13.4. The monoisotopic (exact) mass is 332 g/mol. The van der Waals surface area contributed by atoms with Crippen LogP contribution < -0.4 is 10.6 Å². The van der Waals surface area contributed by atoms with Crippen molar-refractivity contribution in [2.75, 3.05) is 17.6 Å². The number of thioether (sulfide) groups is 1. The molecule has 3 aromatic rings. The number of carbonyl (C=O) groups is 1. The van der Waals surface area contributed by atoms with Gasteiger partial charge in [0.05, 0.1) is 0 Å². The molecule has 0 radical (unpaired) electrons. The van der Waals surface area contributed by atoms with Crippen molar-refractivity contribution in [3.8, 4) is 0 Å². The van der Waals surface area contributed by atoms with Gasteiger partial charge in [0.25, 0.3) is 5.22 Å². The second kappa shape index (κ2) is 7.19. The molecule has 23 heavy (non-hydrogen) atoms. The molecule has 8 heteroatoms. The van der Waals surface area contributed by atoms with Gasteiger partial charge in [-0.1, -0.05) is 29.1 Å². The van der Waals surface area contributed by atoms with E-state index in [-0.39, 0.29) is 6.03 Å². The zero-order valence-electron chi connectivity index (χ0n) is 12.5. The fourth-order valence-electron chi connectivity index (χ4n) is 1.93. The highest BCUT2D eigenvalue weighted by Gasteiger charge is 2.07. The number of aryl methyl sites for hydroxylation is 1. The number of anilines is 1. The minimum Gasteiger partial charge on any atom is -0.431 e. The largest absolute Gasteiger partial charge is 0.431 e. The van der Waals surface area contributed by atoms with Gasteiger partial charge in [-0.05, 0) is 25.5 Å². The zero-order chi connectivity index (χ0) is 16.1. The van der Waals surface area contributed by atoms with E-state index < -0.39 is 0 Å². The summed E-state index contributed by atoms with van der Waals surface area (Å²) in [6.45, 7) is 2.31. The second-order valence-corrected chi connectivity index (χ2v) is 5.90. The summed E-state index contributed by atoms with van der Waals surface area (Å²) in [7, 11) is 0. The third kappa shape index (κ3) is 4.26. The molecular weight excluding hydrogens is 316 g/mol. The number of aromatic nitrogens is 2. The molecule has 0 aliphatic rings. The number of hydrogen-bond donors (Lipinski definition) is 2. The van der Waals surface area contributed by atoms with Crippen LogP contribution in [0.25, 0.3) is 11.1 Å². The van der Waals surface area contributed by atoms with Crippen molar-refractivity contribution in [3.05, 3.63) is 36.1 Å². The minimum atomic E-state index is -0.301. The number of para-hydroxylation sites is 2. The van der Waals surface area contributed by atoms with Gasteiger partial charge in [0.1, 0.15) is 11.3 Å². The predicted molar refractivity (Wildman–Crippen MR) is 87.6 cm³/mol. The lowest BCUT2D eigenvalue weighted by molar-refractivity contribution is 0.252. The van der Waals surface area contributed by atoms with Gasteiger partial charge >= 0.3 is 6.03 Å². The van der Waals surface area contributed by atoms with E-state index in [1.165, 1.54) is 11.8 Å². The Hall–Kier alpha value is -2.48. The fraction of sp³-hybridized carbons (Fsp3) is 0.267. The van der Waals surface area contributed by atoms with Gasteiger partial charge < -0.3 is 14.3 Å².